The van der Waals surface area contributed by atoms with Crippen molar-refractivity contribution in [2.75, 3.05) is 19.1 Å². The smallest absolute Gasteiger partial charge is 0.161 e. The van der Waals surface area contributed by atoms with Crippen LogP contribution in [-0.2, 0) is 0 Å². The molecule has 0 bridgehead atoms. The minimum absolute atomic E-state index is 0.314. The second-order valence-corrected chi connectivity index (χ2v) is 9.36. The molecule has 0 aliphatic rings. The highest BCUT2D eigenvalue weighted by Crippen LogP contribution is 2.34. The lowest BCUT2D eigenvalue weighted by atomic mass is 10.1. The summed E-state index contributed by atoms with van der Waals surface area (Å²) in [6.45, 7) is 4.39. The molecule has 0 N–H and O–H groups in total. The van der Waals surface area contributed by atoms with E-state index in [9.17, 15) is 0 Å². The molecule has 0 saturated heterocycles. The van der Waals surface area contributed by atoms with Crippen LogP contribution in [0.4, 0.5) is 17.1 Å². The number of ether oxygens (including phenoxy) is 2. The predicted octanol–water partition coefficient (Wildman–Crippen LogP) is 7.85. The molecule has 5 rings (SSSR count). The van der Waals surface area contributed by atoms with Gasteiger partial charge >= 0.3 is 0 Å². The molecule has 4 aromatic carbocycles. The van der Waals surface area contributed by atoms with Gasteiger partial charge in [0.05, 0.1) is 25.6 Å². The van der Waals surface area contributed by atoms with Crippen LogP contribution >= 0.6 is 0 Å². The number of aromatic nitrogens is 2. The maximum absolute atomic E-state index is 5.54. The van der Waals surface area contributed by atoms with Gasteiger partial charge < -0.3 is 14.4 Å². The molecular formula is C33H32N4O2. The molecule has 1 heterocycles. The molecule has 196 valence electrons. The maximum atomic E-state index is 5.54. The Balaban J connectivity index is 1.48. The molecule has 0 fully saturated rings. The third-order valence-corrected chi connectivity index (χ3v) is 6.45. The highest BCUT2D eigenvalue weighted by atomic mass is 16.5. The fourth-order valence-electron chi connectivity index (χ4n) is 4.58. The molecule has 0 saturated carbocycles. The summed E-state index contributed by atoms with van der Waals surface area (Å²) in [5.41, 5.74) is 6.72. The third-order valence-electron chi connectivity index (χ3n) is 6.45. The number of rotatable bonds is 9. The first-order valence-corrected chi connectivity index (χ1v) is 12.9. The summed E-state index contributed by atoms with van der Waals surface area (Å²) >= 11 is 0. The summed E-state index contributed by atoms with van der Waals surface area (Å²) in [5.74, 6) is 1.32. The van der Waals surface area contributed by atoms with Gasteiger partial charge in [-0.25, -0.2) is 4.68 Å². The van der Waals surface area contributed by atoms with Crippen molar-refractivity contribution in [1.29, 1.82) is 0 Å². The number of hydrogen-bond acceptors (Lipinski definition) is 5. The highest BCUT2D eigenvalue weighted by molar-refractivity contribution is 5.90. The van der Waals surface area contributed by atoms with E-state index in [0.29, 0.717) is 17.5 Å². The lowest BCUT2D eigenvalue weighted by Crippen LogP contribution is -2.25. The second-order valence-electron chi connectivity index (χ2n) is 9.36. The van der Waals surface area contributed by atoms with Gasteiger partial charge in [0.15, 0.2) is 11.5 Å². The maximum Gasteiger partial charge on any atom is 0.161 e. The standard InChI is InChI=1S/C33H32N4O2/c1-24(2)37(29-13-9-6-10-14-29)30-18-16-27(17-19-30)34-22-26-23-36(28-11-7-5-8-12-28)35-33(26)25-15-20-31(38-3)32(21-25)39-4/h5-24H,1-4H3. The lowest BCUT2D eigenvalue weighted by molar-refractivity contribution is 0.355. The van der Waals surface area contributed by atoms with Crippen LogP contribution in [0.25, 0.3) is 16.9 Å². The van der Waals surface area contributed by atoms with E-state index in [1.54, 1.807) is 14.2 Å². The molecule has 6 heteroatoms. The Bertz CT molecular complexity index is 1540. The molecule has 0 unspecified atom stereocenters. The molecular weight excluding hydrogens is 484 g/mol. The molecule has 5 aromatic rings. The molecule has 39 heavy (non-hydrogen) atoms. The van der Waals surface area contributed by atoms with Crippen LogP contribution in [0.5, 0.6) is 11.5 Å². The zero-order valence-electron chi connectivity index (χ0n) is 22.7. The normalized spacial score (nSPS) is 11.2. The molecule has 0 amide bonds. The van der Waals surface area contributed by atoms with Gasteiger partial charge in [-0.3, -0.25) is 4.99 Å². The summed E-state index contributed by atoms with van der Waals surface area (Å²) in [6.07, 6.45) is 3.86. The molecule has 6 nitrogen and oxygen atoms in total. The topological polar surface area (TPSA) is 51.9 Å². The van der Waals surface area contributed by atoms with E-state index in [2.05, 4.69) is 55.1 Å². The Hall–Kier alpha value is -4.84. The van der Waals surface area contributed by atoms with E-state index in [1.807, 2.05) is 83.8 Å². The van der Waals surface area contributed by atoms with E-state index in [1.165, 1.54) is 0 Å². The van der Waals surface area contributed by atoms with Crippen molar-refractivity contribution in [3.8, 4) is 28.4 Å². The summed E-state index contributed by atoms with van der Waals surface area (Å²) in [5, 5.41) is 4.91. The summed E-state index contributed by atoms with van der Waals surface area (Å²) in [7, 11) is 3.26. The van der Waals surface area contributed by atoms with Gasteiger partial charge in [0.25, 0.3) is 0 Å². The minimum Gasteiger partial charge on any atom is -0.493 e. The number of methoxy groups -OCH3 is 2. The quantitative estimate of drug-likeness (QED) is 0.187. The summed E-state index contributed by atoms with van der Waals surface area (Å²) < 4.78 is 12.8. The predicted molar refractivity (Wildman–Crippen MR) is 160 cm³/mol. The number of hydrogen-bond donors (Lipinski definition) is 0. The first-order valence-electron chi connectivity index (χ1n) is 12.9. The van der Waals surface area contributed by atoms with Gasteiger partial charge in [0.1, 0.15) is 5.69 Å². The third kappa shape index (κ3) is 5.70. The Morgan fingerprint density at radius 2 is 1.41 bits per heavy atom. The van der Waals surface area contributed by atoms with Crippen LogP contribution < -0.4 is 14.4 Å². The van der Waals surface area contributed by atoms with Crippen molar-refractivity contribution >= 4 is 23.3 Å². The molecule has 0 aliphatic heterocycles. The van der Waals surface area contributed by atoms with Gasteiger partial charge in [0.2, 0.25) is 0 Å². The van der Waals surface area contributed by atoms with Crippen LogP contribution in [0.3, 0.4) is 0 Å². The van der Waals surface area contributed by atoms with Gasteiger partial charge in [-0.15, -0.1) is 0 Å². The number of benzene rings is 4. The van der Waals surface area contributed by atoms with Crippen molar-refractivity contribution in [3.05, 3.63) is 115 Å². The fraction of sp³-hybridized carbons (Fsp3) is 0.152. The van der Waals surface area contributed by atoms with Gasteiger partial charge in [-0.05, 0) is 80.6 Å². The Morgan fingerprint density at radius 1 is 0.769 bits per heavy atom. The van der Waals surface area contributed by atoms with Gasteiger partial charge in [-0.1, -0.05) is 36.4 Å². The highest BCUT2D eigenvalue weighted by Gasteiger charge is 2.15. The van der Waals surface area contributed by atoms with Gasteiger partial charge in [0, 0.05) is 41.0 Å². The average Bonchev–Trinajstić information content (AvgIpc) is 3.41. The van der Waals surface area contributed by atoms with E-state index in [4.69, 9.17) is 19.6 Å². The molecule has 0 atom stereocenters. The largest absolute Gasteiger partial charge is 0.493 e. The molecule has 0 aliphatic carbocycles. The van der Waals surface area contributed by atoms with Crippen molar-refractivity contribution in [2.24, 2.45) is 4.99 Å². The SMILES string of the molecule is COc1ccc(-c2nn(-c3ccccc3)cc2C=Nc2ccc(N(c3ccccc3)C(C)C)cc2)cc1OC. The molecule has 0 radical (unpaired) electrons. The van der Waals surface area contributed by atoms with Crippen LogP contribution in [0.2, 0.25) is 0 Å². The summed E-state index contributed by atoms with van der Waals surface area (Å²) in [6, 6.07) is 34.9. The number of para-hydroxylation sites is 2. The van der Waals surface area contributed by atoms with Crippen molar-refractivity contribution in [1.82, 2.24) is 9.78 Å². The van der Waals surface area contributed by atoms with E-state index >= 15 is 0 Å². The monoisotopic (exact) mass is 516 g/mol. The number of nitrogens with zero attached hydrogens (tertiary/aromatic N) is 4. The van der Waals surface area contributed by atoms with E-state index < -0.39 is 0 Å². The van der Waals surface area contributed by atoms with Crippen molar-refractivity contribution < 1.29 is 9.47 Å². The van der Waals surface area contributed by atoms with Gasteiger partial charge in [-0.2, -0.15) is 5.10 Å². The second kappa shape index (κ2) is 11.7. The fourth-order valence-corrected chi connectivity index (χ4v) is 4.58. The Morgan fingerprint density at radius 3 is 2.05 bits per heavy atom. The Kier molecular flexibility index (Phi) is 7.73. The van der Waals surface area contributed by atoms with E-state index in [-0.39, 0.29) is 0 Å². The van der Waals surface area contributed by atoms with Crippen LogP contribution in [0.1, 0.15) is 19.4 Å². The molecule has 0 spiro atoms. The van der Waals surface area contributed by atoms with Crippen molar-refractivity contribution in [2.45, 2.75) is 19.9 Å². The van der Waals surface area contributed by atoms with E-state index in [0.717, 1.165) is 39.6 Å². The molecule has 1 aromatic heterocycles. The van der Waals surface area contributed by atoms with Crippen molar-refractivity contribution in [3.63, 3.8) is 0 Å². The number of anilines is 2. The zero-order valence-corrected chi connectivity index (χ0v) is 22.7. The summed E-state index contributed by atoms with van der Waals surface area (Å²) in [4.78, 5) is 7.12. The average molecular weight is 517 g/mol. The minimum atomic E-state index is 0.314. The van der Waals surface area contributed by atoms with Crippen LogP contribution in [0, 0.1) is 0 Å². The van der Waals surface area contributed by atoms with Crippen LogP contribution in [-0.4, -0.2) is 36.3 Å². The number of aliphatic imine (C=N–C) groups is 1. The zero-order chi connectivity index (χ0) is 27.2. The lowest BCUT2D eigenvalue weighted by Gasteiger charge is -2.29. The van der Waals surface area contributed by atoms with Crippen LogP contribution in [0.15, 0.2) is 114 Å². The first-order chi connectivity index (χ1) is 19.1. The Labute approximate surface area is 229 Å². The first kappa shape index (κ1) is 25.8.